The van der Waals surface area contributed by atoms with Gasteiger partial charge in [0.25, 0.3) is 11.8 Å². The van der Waals surface area contributed by atoms with Crippen molar-refractivity contribution in [1.82, 2.24) is 5.32 Å². The average molecular weight is 662 g/mol. The molecule has 0 bridgehead atoms. The number of amides is 3. The number of aryl methyl sites for hydroxylation is 1. The Hall–Kier alpha value is -5.31. The van der Waals surface area contributed by atoms with Crippen molar-refractivity contribution in [1.29, 1.82) is 0 Å². The zero-order valence-electron chi connectivity index (χ0n) is 25.7. The lowest BCUT2D eigenvalue weighted by Gasteiger charge is -2.18. The second-order valence-electron chi connectivity index (χ2n) is 10.5. The van der Waals surface area contributed by atoms with Crippen LogP contribution in [0.1, 0.15) is 32.3 Å². The van der Waals surface area contributed by atoms with Gasteiger partial charge < -0.3 is 20.7 Å². The summed E-state index contributed by atoms with van der Waals surface area (Å²) in [5, 5.41) is 8.62. The highest BCUT2D eigenvalue weighted by Gasteiger charge is 2.23. The topological polar surface area (TPSA) is 96.5 Å². The molecule has 0 aromatic heterocycles. The van der Waals surface area contributed by atoms with Crippen molar-refractivity contribution >= 4 is 58.5 Å². The quantitative estimate of drug-likeness (QED) is 0.0974. The first-order valence-corrected chi connectivity index (χ1v) is 16.0. The van der Waals surface area contributed by atoms with Gasteiger partial charge in [-0.25, -0.2) is 0 Å². The first kappa shape index (κ1) is 33.1. The zero-order valence-corrected chi connectivity index (χ0v) is 27.3. The largest absolute Gasteiger partial charge is 0.497 e. The smallest absolute Gasteiger partial charge is 0.272 e. The van der Waals surface area contributed by atoms with E-state index in [-0.39, 0.29) is 11.6 Å². The molecule has 47 heavy (non-hydrogen) atoms. The molecule has 1 atom stereocenters. The summed E-state index contributed by atoms with van der Waals surface area (Å²) in [5.74, 6) is -0.430. The second-order valence-corrected chi connectivity index (χ2v) is 12.1. The highest BCUT2D eigenvalue weighted by atomic mass is 35.5. The molecule has 9 heteroatoms. The van der Waals surface area contributed by atoms with Gasteiger partial charge in [-0.2, -0.15) is 0 Å². The molecule has 0 aliphatic rings. The molecule has 0 saturated carbocycles. The molecular formula is C38H32ClN3O4S. The molecule has 0 aliphatic carbocycles. The summed E-state index contributed by atoms with van der Waals surface area (Å²) in [6.45, 7) is 1.90. The van der Waals surface area contributed by atoms with Crippen molar-refractivity contribution in [2.75, 3.05) is 17.7 Å². The first-order valence-electron chi connectivity index (χ1n) is 14.7. The maximum absolute atomic E-state index is 13.5. The Bertz CT molecular complexity index is 1880. The van der Waals surface area contributed by atoms with Crippen LogP contribution in [-0.2, 0) is 9.59 Å². The van der Waals surface area contributed by atoms with Crippen LogP contribution in [0.5, 0.6) is 5.75 Å². The minimum absolute atomic E-state index is 0.0690. The lowest BCUT2D eigenvalue weighted by atomic mass is 10.1. The fraction of sp³-hybridized carbons (Fsp3) is 0.0789. The zero-order chi connectivity index (χ0) is 33.2. The van der Waals surface area contributed by atoms with E-state index in [2.05, 4.69) is 16.0 Å². The van der Waals surface area contributed by atoms with Gasteiger partial charge in [0.15, 0.2) is 0 Å². The molecule has 236 valence electrons. The van der Waals surface area contributed by atoms with E-state index in [9.17, 15) is 14.4 Å². The number of methoxy groups -OCH3 is 1. The van der Waals surface area contributed by atoms with Gasteiger partial charge in [-0.3, -0.25) is 14.4 Å². The molecule has 5 aromatic carbocycles. The molecule has 0 heterocycles. The predicted octanol–water partition coefficient (Wildman–Crippen LogP) is 8.54. The van der Waals surface area contributed by atoms with Gasteiger partial charge in [-0.1, -0.05) is 78.3 Å². The fourth-order valence-electron chi connectivity index (χ4n) is 4.54. The maximum Gasteiger partial charge on any atom is 0.272 e. The molecule has 0 fully saturated rings. The van der Waals surface area contributed by atoms with Gasteiger partial charge in [0.05, 0.1) is 7.11 Å². The third kappa shape index (κ3) is 9.13. The number of carbonyl (C=O) groups is 3. The number of anilines is 2. The lowest BCUT2D eigenvalue weighted by molar-refractivity contribution is -0.116. The van der Waals surface area contributed by atoms with Crippen molar-refractivity contribution in [3.05, 3.63) is 160 Å². The molecule has 0 aliphatic heterocycles. The summed E-state index contributed by atoms with van der Waals surface area (Å²) in [5.41, 5.74) is 4.09. The highest BCUT2D eigenvalue weighted by Crippen LogP contribution is 2.37. The summed E-state index contributed by atoms with van der Waals surface area (Å²) in [4.78, 5) is 40.8. The van der Waals surface area contributed by atoms with Crippen molar-refractivity contribution in [2.45, 2.75) is 17.1 Å². The number of benzene rings is 5. The molecule has 0 radical (unpaired) electrons. The molecule has 5 rings (SSSR count). The number of halogens is 1. The van der Waals surface area contributed by atoms with Crippen LogP contribution in [0.15, 0.2) is 138 Å². The number of hydrogen-bond acceptors (Lipinski definition) is 5. The number of hydrogen-bond donors (Lipinski definition) is 3. The van der Waals surface area contributed by atoms with Crippen LogP contribution < -0.4 is 20.7 Å². The number of thioether (sulfide) groups is 1. The van der Waals surface area contributed by atoms with Crippen molar-refractivity contribution in [3.63, 3.8) is 0 Å². The van der Waals surface area contributed by atoms with E-state index in [1.165, 1.54) is 11.8 Å². The predicted molar refractivity (Wildman–Crippen MR) is 190 cm³/mol. The molecule has 3 N–H and O–H groups in total. The third-order valence-electron chi connectivity index (χ3n) is 7.10. The van der Waals surface area contributed by atoms with E-state index in [0.29, 0.717) is 33.3 Å². The normalized spacial score (nSPS) is 11.7. The standard InChI is InChI=1S/C38H32ClN3O4S/c1-25-13-16-30(24-33(25)39)41-38(45)35(27-9-5-3-6-10-27)47-32-21-17-29(18-22-32)40-37(44)34(23-26-14-19-31(46-2)20-15-26)42-36(43)28-11-7-4-8-12-28/h3-24,35H,1-2H3,(H,40,44)(H,41,45)(H,42,43)/b34-23-. The molecule has 3 amide bonds. The van der Waals surface area contributed by atoms with Crippen molar-refractivity contribution in [2.24, 2.45) is 0 Å². The van der Waals surface area contributed by atoms with Crippen LogP contribution >= 0.6 is 23.4 Å². The highest BCUT2D eigenvalue weighted by molar-refractivity contribution is 8.00. The Labute approximate surface area is 283 Å². The molecule has 5 aromatic rings. The third-order valence-corrected chi connectivity index (χ3v) is 8.78. The van der Waals surface area contributed by atoms with E-state index < -0.39 is 17.1 Å². The first-order chi connectivity index (χ1) is 22.8. The monoisotopic (exact) mass is 661 g/mol. The molecular weight excluding hydrogens is 630 g/mol. The van der Waals surface area contributed by atoms with E-state index in [0.717, 1.165) is 16.0 Å². The Balaban J connectivity index is 1.33. The van der Waals surface area contributed by atoms with Crippen LogP contribution in [0.25, 0.3) is 6.08 Å². The van der Waals surface area contributed by atoms with Gasteiger partial charge in [0, 0.05) is 26.9 Å². The van der Waals surface area contributed by atoms with Crippen LogP contribution in [0.4, 0.5) is 11.4 Å². The van der Waals surface area contributed by atoms with Crippen LogP contribution in [0, 0.1) is 6.92 Å². The van der Waals surface area contributed by atoms with E-state index in [1.807, 2.05) is 67.6 Å². The van der Waals surface area contributed by atoms with Gasteiger partial charge in [0.1, 0.15) is 16.7 Å². The Morgan fingerprint density at radius 2 is 1.40 bits per heavy atom. The van der Waals surface area contributed by atoms with Crippen LogP contribution in [-0.4, -0.2) is 24.8 Å². The van der Waals surface area contributed by atoms with Crippen molar-refractivity contribution in [3.8, 4) is 5.75 Å². The fourth-order valence-corrected chi connectivity index (χ4v) is 5.74. The van der Waals surface area contributed by atoms with Gasteiger partial charge >= 0.3 is 0 Å². The van der Waals surface area contributed by atoms with E-state index >= 15 is 0 Å². The number of ether oxygens (including phenoxy) is 1. The van der Waals surface area contributed by atoms with Gasteiger partial charge in [-0.15, -0.1) is 11.8 Å². The minimum Gasteiger partial charge on any atom is -0.497 e. The maximum atomic E-state index is 13.5. The number of nitrogens with one attached hydrogen (secondary N) is 3. The van der Waals surface area contributed by atoms with Gasteiger partial charge in [0.2, 0.25) is 5.91 Å². The van der Waals surface area contributed by atoms with E-state index in [4.69, 9.17) is 16.3 Å². The molecule has 0 saturated heterocycles. The molecule has 1 unspecified atom stereocenters. The summed E-state index contributed by atoms with van der Waals surface area (Å²) in [6.07, 6.45) is 1.60. The van der Waals surface area contributed by atoms with E-state index in [1.54, 1.807) is 79.9 Å². The van der Waals surface area contributed by atoms with Gasteiger partial charge in [-0.05, 0) is 90.4 Å². The second kappa shape index (κ2) is 15.8. The van der Waals surface area contributed by atoms with Crippen LogP contribution in [0.3, 0.4) is 0 Å². The Kier molecular flexibility index (Phi) is 11.1. The summed E-state index contributed by atoms with van der Waals surface area (Å²) >= 11 is 7.67. The summed E-state index contributed by atoms with van der Waals surface area (Å²) in [6, 6.07) is 37.9. The SMILES string of the molecule is COc1ccc(/C=C(\NC(=O)c2ccccc2)C(=O)Nc2ccc(SC(C(=O)Nc3ccc(C)c(Cl)c3)c3ccccc3)cc2)cc1. The summed E-state index contributed by atoms with van der Waals surface area (Å²) in [7, 11) is 1.58. The number of rotatable bonds is 11. The molecule has 7 nitrogen and oxygen atoms in total. The van der Waals surface area contributed by atoms with Crippen molar-refractivity contribution < 1.29 is 19.1 Å². The molecule has 0 spiro atoms. The number of carbonyl (C=O) groups excluding carboxylic acids is 3. The minimum atomic E-state index is -0.552. The van der Waals surface area contributed by atoms with Crippen LogP contribution in [0.2, 0.25) is 5.02 Å². The average Bonchev–Trinajstić information content (AvgIpc) is 3.10. The lowest BCUT2D eigenvalue weighted by Crippen LogP contribution is -2.30. The Morgan fingerprint density at radius 1 is 0.766 bits per heavy atom. The Morgan fingerprint density at radius 3 is 2.04 bits per heavy atom. The summed E-state index contributed by atoms with van der Waals surface area (Å²) < 4.78 is 5.23.